The van der Waals surface area contributed by atoms with Gasteiger partial charge in [-0.1, -0.05) is 18.2 Å². The molecule has 0 aliphatic heterocycles. The van der Waals surface area contributed by atoms with E-state index in [0.29, 0.717) is 22.8 Å². The molecule has 25 heavy (non-hydrogen) atoms. The molecule has 0 atom stereocenters. The fraction of sp³-hybridized carbons (Fsp3) is 0.211. The average Bonchev–Trinajstić information content (AvgIpc) is 2.92. The number of aryl methyl sites for hydroxylation is 1. The highest BCUT2D eigenvalue weighted by Crippen LogP contribution is 2.38. The molecule has 0 amide bonds. The standard InChI is InChI=1S/C19H19NO5/c1-20-14-9-12(7-8-15(14)25-19(20)21)5-6-13-10-16(22-2)18(24-4)17(11-13)23-3/h5-11H,1-4H3/b6-5-. The lowest BCUT2D eigenvalue weighted by Gasteiger charge is -2.12. The molecule has 0 N–H and O–H groups in total. The molecule has 0 bridgehead atoms. The van der Waals surface area contributed by atoms with Crippen LogP contribution < -0.4 is 20.0 Å². The van der Waals surface area contributed by atoms with Gasteiger partial charge in [-0.25, -0.2) is 4.79 Å². The predicted molar refractivity (Wildman–Crippen MR) is 96.5 cm³/mol. The Morgan fingerprint density at radius 2 is 1.56 bits per heavy atom. The summed E-state index contributed by atoms with van der Waals surface area (Å²) in [5.41, 5.74) is 3.16. The third kappa shape index (κ3) is 3.10. The molecule has 6 heteroatoms. The van der Waals surface area contributed by atoms with E-state index in [1.807, 2.05) is 36.4 Å². The molecule has 0 unspecified atom stereocenters. The van der Waals surface area contributed by atoms with E-state index >= 15 is 0 Å². The van der Waals surface area contributed by atoms with E-state index < -0.39 is 0 Å². The summed E-state index contributed by atoms with van der Waals surface area (Å²) in [4.78, 5) is 11.6. The highest BCUT2D eigenvalue weighted by atomic mass is 16.5. The first kappa shape index (κ1) is 16.7. The SMILES string of the molecule is COc1cc(/C=C\c2ccc3oc(=O)n(C)c3c2)cc(OC)c1OC. The van der Waals surface area contributed by atoms with Crippen LogP contribution in [0.4, 0.5) is 0 Å². The number of fused-ring (bicyclic) bond motifs is 1. The predicted octanol–water partition coefficient (Wildman–Crippen LogP) is 3.33. The maximum absolute atomic E-state index is 11.6. The van der Waals surface area contributed by atoms with Gasteiger partial charge in [-0.15, -0.1) is 0 Å². The van der Waals surface area contributed by atoms with Crippen LogP contribution >= 0.6 is 0 Å². The third-order valence-corrected chi connectivity index (χ3v) is 3.97. The van der Waals surface area contributed by atoms with Gasteiger partial charge in [0.2, 0.25) is 5.75 Å². The summed E-state index contributed by atoms with van der Waals surface area (Å²) >= 11 is 0. The summed E-state index contributed by atoms with van der Waals surface area (Å²) in [7, 11) is 6.41. The largest absolute Gasteiger partial charge is 0.493 e. The molecule has 0 spiro atoms. The molecule has 0 saturated heterocycles. The van der Waals surface area contributed by atoms with Crippen LogP contribution in [0.5, 0.6) is 17.2 Å². The van der Waals surface area contributed by atoms with Gasteiger partial charge in [0.15, 0.2) is 17.1 Å². The Morgan fingerprint density at radius 3 is 2.16 bits per heavy atom. The minimum atomic E-state index is -0.374. The summed E-state index contributed by atoms with van der Waals surface area (Å²) in [6.45, 7) is 0. The van der Waals surface area contributed by atoms with Crippen molar-refractivity contribution in [2.45, 2.75) is 0 Å². The molecular formula is C19H19NO5. The number of nitrogens with zero attached hydrogens (tertiary/aromatic N) is 1. The Morgan fingerprint density at radius 1 is 0.920 bits per heavy atom. The number of hydrogen-bond donors (Lipinski definition) is 0. The monoisotopic (exact) mass is 341 g/mol. The van der Waals surface area contributed by atoms with Crippen molar-refractivity contribution in [1.82, 2.24) is 4.57 Å². The van der Waals surface area contributed by atoms with Crippen molar-refractivity contribution in [3.63, 3.8) is 0 Å². The summed E-state index contributed by atoms with van der Waals surface area (Å²) < 4.78 is 22.7. The van der Waals surface area contributed by atoms with Crippen LogP contribution in [0.3, 0.4) is 0 Å². The molecule has 0 fully saturated rings. The van der Waals surface area contributed by atoms with Gasteiger partial charge >= 0.3 is 5.76 Å². The van der Waals surface area contributed by atoms with Crippen molar-refractivity contribution in [2.24, 2.45) is 7.05 Å². The Balaban J connectivity index is 1.99. The maximum atomic E-state index is 11.6. The van der Waals surface area contributed by atoms with Gasteiger partial charge in [-0.2, -0.15) is 0 Å². The van der Waals surface area contributed by atoms with E-state index in [2.05, 4.69) is 0 Å². The van der Waals surface area contributed by atoms with E-state index in [1.54, 1.807) is 34.4 Å². The average molecular weight is 341 g/mol. The number of benzene rings is 2. The molecule has 1 heterocycles. The van der Waals surface area contributed by atoms with Crippen molar-refractivity contribution in [3.05, 3.63) is 52.0 Å². The van der Waals surface area contributed by atoms with E-state index in [-0.39, 0.29) is 5.76 Å². The number of ether oxygens (including phenoxy) is 3. The zero-order chi connectivity index (χ0) is 18.0. The van der Waals surface area contributed by atoms with E-state index in [9.17, 15) is 4.79 Å². The first-order chi connectivity index (χ1) is 12.1. The van der Waals surface area contributed by atoms with Crippen LogP contribution in [-0.2, 0) is 7.05 Å². The van der Waals surface area contributed by atoms with Gasteiger partial charge in [0, 0.05) is 7.05 Å². The number of aromatic nitrogens is 1. The topological polar surface area (TPSA) is 62.8 Å². The molecule has 0 aliphatic rings. The third-order valence-electron chi connectivity index (χ3n) is 3.97. The number of methoxy groups -OCH3 is 3. The molecular weight excluding hydrogens is 322 g/mol. The Labute approximate surface area is 144 Å². The van der Waals surface area contributed by atoms with E-state index in [1.165, 1.54) is 4.57 Å². The lowest BCUT2D eigenvalue weighted by Crippen LogP contribution is -2.08. The molecule has 3 rings (SSSR count). The highest BCUT2D eigenvalue weighted by molar-refractivity contribution is 5.80. The van der Waals surface area contributed by atoms with Crippen LogP contribution in [0, 0.1) is 0 Å². The summed E-state index contributed by atoms with van der Waals surface area (Å²) in [5.74, 6) is 1.36. The highest BCUT2D eigenvalue weighted by Gasteiger charge is 2.12. The van der Waals surface area contributed by atoms with Crippen LogP contribution in [-0.4, -0.2) is 25.9 Å². The zero-order valence-electron chi connectivity index (χ0n) is 14.5. The second-order valence-corrected chi connectivity index (χ2v) is 5.45. The fourth-order valence-corrected chi connectivity index (χ4v) is 2.64. The quantitative estimate of drug-likeness (QED) is 0.666. The molecule has 0 radical (unpaired) electrons. The lowest BCUT2D eigenvalue weighted by molar-refractivity contribution is 0.324. The van der Waals surface area contributed by atoms with Gasteiger partial charge in [0.25, 0.3) is 0 Å². The smallest absolute Gasteiger partial charge is 0.419 e. The Hall–Kier alpha value is -3.15. The van der Waals surface area contributed by atoms with Crippen molar-refractivity contribution in [3.8, 4) is 17.2 Å². The Kier molecular flexibility index (Phi) is 4.52. The molecule has 0 saturated carbocycles. The van der Waals surface area contributed by atoms with E-state index in [4.69, 9.17) is 18.6 Å². The summed E-state index contributed by atoms with van der Waals surface area (Å²) in [5, 5.41) is 0. The van der Waals surface area contributed by atoms with Crippen LogP contribution in [0.15, 0.2) is 39.5 Å². The number of rotatable bonds is 5. The van der Waals surface area contributed by atoms with Crippen molar-refractivity contribution < 1.29 is 18.6 Å². The van der Waals surface area contributed by atoms with Gasteiger partial charge in [0.1, 0.15) is 0 Å². The molecule has 130 valence electrons. The zero-order valence-corrected chi connectivity index (χ0v) is 14.5. The summed E-state index contributed by atoms with van der Waals surface area (Å²) in [6, 6.07) is 9.30. The first-order valence-corrected chi connectivity index (χ1v) is 7.65. The lowest BCUT2D eigenvalue weighted by atomic mass is 10.1. The normalized spacial score (nSPS) is 11.2. The van der Waals surface area contributed by atoms with Crippen LogP contribution in [0.25, 0.3) is 23.3 Å². The van der Waals surface area contributed by atoms with E-state index in [0.717, 1.165) is 16.6 Å². The molecule has 3 aromatic rings. The Bertz CT molecular complexity index is 972. The second-order valence-electron chi connectivity index (χ2n) is 5.45. The van der Waals surface area contributed by atoms with Crippen molar-refractivity contribution in [1.29, 1.82) is 0 Å². The van der Waals surface area contributed by atoms with Gasteiger partial charge in [-0.05, 0) is 35.4 Å². The van der Waals surface area contributed by atoms with Crippen LogP contribution in [0.2, 0.25) is 0 Å². The van der Waals surface area contributed by atoms with Gasteiger partial charge in [-0.3, -0.25) is 4.57 Å². The fourth-order valence-electron chi connectivity index (χ4n) is 2.64. The van der Waals surface area contributed by atoms with Crippen molar-refractivity contribution in [2.75, 3.05) is 21.3 Å². The number of oxazole rings is 1. The minimum Gasteiger partial charge on any atom is -0.493 e. The van der Waals surface area contributed by atoms with Gasteiger partial charge < -0.3 is 18.6 Å². The first-order valence-electron chi connectivity index (χ1n) is 7.65. The molecule has 2 aromatic carbocycles. The van der Waals surface area contributed by atoms with Crippen molar-refractivity contribution >= 4 is 23.3 Å². The second kappa shape index (κ2) is 6.76. The minimum absolute atomic E-state index is 0.374. The summed E-state index contributed by atoms with van der Waals surface area (Å²) in [6.07, 6.45) is 3.88. The number of hydrogen-bond acceptors (Lipinski definition) is 5. The van der Waals surface area contributed by atoms with Crippen LogP contribution in [0.1, 0.15) is 11.1 Å². The van der Waals surface area contributed by atoms with Gasteiger partial charge in [0.05, 0.1) is 26.8 Å². The molecule has 0 aliphatic carbocycles. The molecule has 1 aromatic heterocycles. The molecule has 6 nitrogen and oxygen atoms in total. The maximum Gasteiger partial charge on any atom is 0.419 e.